The zero-order valence-electron chi connectivity index (χ0n) is 9.54. The molecule has 1 aliphatic rings. The zero-order chi connectivity index (χ0) is 13.3. The van der Waals surface area contributed by atoms with Crippen LogP contribution in [0.5, 0.6) is 5.88 Å². The van der Waals surface area contributed by atoms with Crippen molar-refractivity contribution in [2.75, 3.05) is 11.4 Å². The summed E-state index contributed by atoms with van der Waals surface area (Å²) in [6.07, 6.45) is 1.22. The minimum Gasteiger partial charge on any atom is -0.492 e. The Morgan fingerprint density at radius 2 is 2.33 bits per heavy atom. The van der Waals surface area contributed by atoms with Gasteiger partial charge in [0.1, 0.15) is 0 Å². The molecule has 2 heterocycles. The van der Waals surface area contributed by atoms with Crippen molar-refractivity contribution in [2.45, 2.75) is 18.6 Å². The summed E-state index contributed by atoms with van der Waals surface area (Å²) in [5.41, 5.74) is -0.738. The highest BCUT2D eigenvalue weighted by Gasteiger charge is 2.34. The number of nitrogens with zero attached hydrogens (tertiary/aromatic N) is 2. The number of H-pyrrole nitrogens is 1. The fourth-order valence-electron chi connectivity index (χ4n) is 1.83. The molecule has 1 aliphatic heterocycles. The van der Waals surface area contributed by atoms with Gasteiger partial charge in [-0.15, -0.1) is 0 Å². The van der Waals surface area contributed by atoms with E-state index in [2.05, 4.69) is 9.97 Å². The van der Waals surface area contributed by atoms with Crippen molar-refractivity contribution in [3.63, 3.8) is 0 Å². The summed E-state index contributed by atoms with van der Waals surface area (Å²) < 4.78 is 0. The number of aromatic amines is 1. The number of carbonyl (C=O) groups is 2. The Bertz CT molecular complexity index is 556. The van der Waals surface area contributed by atoms with Gasteiger partial charge in [0.25, 0.3) is 5.56 Å². The lowest BCUT2D eigenvalue weighted by Crippen LogP contribution is -2.31. The molecule has 1 amide bonds. The summed E-state index contributed by atoms with van der Waals surface area (Å²) in [6, 6.07) is 0. The lowest BCUT2D eigenvalue weighted by Gasteiger charge is -2.15. The van der Waals surface area contributed by atoms with Gasteiger partial charge in [0, 0.05) is 25.1 Å². The van der Waals surface area contributed by atoms with Gasteiger partial charge in [-0.3, -0.25) is 14.4 Å². The van der Waals surface area contributed by atoms with E-state index in [1.54, 1.807) is 0 Å². The predicted molar refractivity (Wildman–Crippen MR) is 65.6 cm³/mol. The normalized spacial score (nSPS) is 19.3. The van der Waals surface area contributed by atoms with Gasteiger partial charge in [0.2, 0.25) is 11.8 Å². The van der Waals surface area contributed by atoms with Gasteiger partial charge in [-0.25, -0.2) is 4.98 Å². The predicted octanol–water partition coefficient (Wildman–Crippen LogP) is -0.140. The Morgan fingerprint density at radius 1 is 1.61 bits per heavy atom. The second-order valence-corrected chi connectivity index (χ2v) is 5.32. The van der Waals surface area contributed by atoms with Crippen LogP contribution in [-0.4, -0.2) is 37.9 Å². The van der Waals surface area contributed by atoms with E-state index in [1.807, 2.05) is 0 Å². The number of thioether (sulfide) groups is 1. The zero-order valence-corrected chi connectivity index (χ0v) is 10.4. The van der Waals surface area contributed by atoms with Crippen LogP contribution in [0.3, 0.4) is 0 Å². The van der Waals surface area contributed by atoms with E-state index < -0.39 is 11.4 Å². The van der Waals surface area contributed by atoms with Gasteiger partial charge in [-0.05, 0) is 0 Å². The molecule has 0 radical (unpaired) electrons. The quantitative estimate of drug-likeness (QED) is 0.774. The fraction of sp³-hybridized carbons (Fsp3) is 0.400. The van der Waals surface area contributed by atoms with Crippen molar-refractivity contribution < 1.29 is 14.7 Å². The standard InChI is InChI=1S/C10H11N3O4S/c1-5(14)18-6-2-7(15)13(3-6)8-9(16)11-4-12-10(8)17/h4,6H,2-3H2,1H3,(H2,11,12,16,17). The van der Waals surface area contributed by atoms with Crippen LogP contribution in [0.15, 0.2) is 11.1 Å². The van der Waals surface area contributed by atoms with E-state index in [-0.39, 0.29) is 34.9 Å². The second-order valence-electron chi connectivity index (χ2n) is 3.84. The topological polar surface area (TPSA) is 103 Å². The molecule has 1 aromatic heterocycles. The fourth-order valence-corrected chi connectivity index (χ4v) is 2.75. The molecule has 0 aromatic carbocycles. The lowest BCUT2D eigenvalue weighted by molar-refractivity contribution is -0.117. The van der Waals surface area contributed by atoms with Crippen molar-refractivity contribution in [3.05, 3.63) is 16.7 Å². The first kappa shape index (κ1) is 12.6. The molecule has 0 saturated carbocycles. The Hall–Kier alpha value is -1.83. The molecule has 96 valence electrons. The molecular formula is C10H11N3O4S. The molecule has 8 heteroatoms. The highest BCUT2D eigenvalue weighted by Crippen LogP contribution is 2.29. The van der Waals surface area contributed by atoms with Crippen LogP contribution in [0.2, 0.25) is 0 Å². The van der Waals surface area contributed by atoms with Gasteiger partial charge >= 0.3 is 0 Å². The summed E-state index contributed by atoms with van der Waals surface area (Å²) in [6.45, 7) is 1.64. The lowest BCUT2D eigenvalue weighted by atomic mass is 10.4. The third kappa shape index (κ3) is 2.37. The van der Waals surface area contributed by atoms with Gasteiger partial charge in [-0.2, -0.15) is 0 Å². The molecule has 1 unspecified atom stereocenters. The SMILES string of the molecule is CC(=O)SC1CC(=O)N(c2c(O)nc[nH]c2=O)C1. The number of hydrogen-bond donors (Lipinski definition) is 2. The Kier molecular flexibility index (Phi) is 3.37. The van der Waals surface area contributed by atoms with Crippen LogP contribution in [0.4, 0.5) is 5.69 Å². The van der Waals surface area contributed by atoms with Crippen molar-refractivity contribution in [1.29, 1.82) is 0 Å². The van der Waals surface area contributed by atoms with E-state index in [0.717, 1.165) is 18.1 Å². The first-order valence-electron chi connectivity index (χ1n) is 5.23. The van der Waals surface area contributed by atoms with Crippen molar-refractivity contribution in [3.8, 4) is 5.88 Å². The third-order valence-electron chi connectivity index (χ3n) is 2.50. The van der Waals surface area contributed by atoms with Gasteiger partial charge < -0.3 is 15.0 Å². The number of carbonyl (C=O) groups excluding carboxylic acids is 2. The van der Waals surface area contributed by atoms with Crippen LogP contribution in [0.25, 0.3) is 0 Å². The molecule has 1 saturated heterocycles. The van der Waals surface area contributed by atoms with Gasteiger partial charge in [-0.1, -0.05) is 11.8 Å². The van der Waals surface area contributed by atoms with E-state index >= 15 is 0 Å². The Labute approximate surface area is 106 Å². The minimum atomic E-state index is -0.579. The molecule has 2 rings (SSSR count). The highest BCUT2D eigenvalue weighted by molar-refractivity contribution is 8.14. The number of anilines is 1. The molecule has 1 aromatic rings. The average Bonchev–Trinajstić information content (AvgIpc) is 2.58. The van der Waals surface area contributed by atoms with E-state index in [0.29, 0.717) is 0 Å². The highest BCUT2D eigenvalue weighted by atomic mass is 32.2. The number of aromatic hydroxyl groups is 1. The maximum Gasteiger partial charge on any atom is 0.278 e. The largest absolute Gasteiger partial charge is 0.492 e. The number of nitrogens with one attached hydrogen (secondary N) is 1. The van der Waals surface area contributed by atoms with Gasteiger partial charge in [0.15, 0.2) is 10.8 Å². The maximum atomic E-state index is 11.8. The maximum absolute atomic E-state index is 11.8. The Morgan fingerprint density at radius 3 is 2.94 bits per heavy atom. The molecular weight excluding hydrogens is 258 g/mol. The van der Waals surface area contributed by atoms with Crippen molar-refractivity contribution in [2.24, 2.45) is 0 Å². The number of aromatic nitrogens is 2. The average molecular weight is 269 g/mol. The smallest absolute Gasteiger partial charge is 0.278 e. The second kappa shape index (κ2) is 4.81. The van der Waals surface area contributed by atoms with E-state index in [1.165, 1.54) is 11.8 Å². The first-order valence-corrected chi connectivity index (χ1v) is 6.11. The molecule has 7 nitrogen and oxygen atoms in total. The summed E-state index contributed by atoms with van der Waals surface area (Å²) in [7, 11) is 0. The van der Waals surface area contributed by atoms with Gasteiger partial charge in [0.05, 0.1) is 6.33 Å². The van der Waals surface area contributed by atoms with Crippen molar-refractivity contribution in [1.82, 2.24) is 9.97 Å². The Balaban J connectivity index is 2.27. The molecule has 1 atom stereocenters. The molecule has 0 spiro atoms. The molecule has 2 N–H and O–H groups in total. The van der Waals surface area contributed by atoms with E-state index in [4.69, 9.17) is 0 Å². The van der Waals surface area contributed by atoms with E-state index in [9.17, 15) is 19.5 Å². The van der Waals surface area contributed by atoms with Crippen LogP contribution in [0, 0.1) is 0 Å². The number of amides is 1. The monoisotopic (exact) mass is 269 g/mol. The van der Waals surface area contributed by atoms with Crippen LogP contribution >= 0.6 is 11.8 Å². The third-order valence-corrected chi connectivity index (χ3v) is 3.48. The molecule has 18 heavy (non-hydrogen) atoms. The number of rotatable bonds is 2. The van der Waals surface area contributed by atoms with Crippen LogP contribution in [0.1, 0.15) is 13.3 Å². The summed E-state index contributed by atoms with van der Waals surface area (Å²) in [4.78, 5) is 41.4. The minimum absolute atomic E-state index is 0.0843. The van der Waals surface area contributed by atoms with Crippen LogP contribution < -0.4 is 10.5 Å². The summed E-state index contributed by atoms with van der Waals surface area (Å²) in [5.74, 6) is -0.789. The summed E-state index contributed by atoms with van der Waals surface area (Å²) >= 11 is 1.06. The first-order chi connectivity index (χ1) is 8.49. The van der Waals surface area contributed by atoms with Crippen LogP contribution in [-0.2, 0) is 9.59 Å². The summed E-state index contributed by atoms with van der Waals surface area (Å²) in [5, 5.41) is 9.25. The van der Waals surface area contributed by atoms with Crippen molar-refractivity contribution >= 4 is 28.5 Å². The molecule has 0 bridgehead atoms. The molecule has 0 aliphatic carbocycles. The molecule has 1 fully saturated rings. The number of hydrogen-bond acceptors (Lipinski definition) is 6.